The fourth-order valence-electron chi connectivity index (χ4n) is 2.52. The standard InChI is InChI=1S/C22H19ClFN3O3/c1-2-29-20-12-16(13-26-27-22(28)18-4-3-11-25-21(18)23)7-10-19(20)30-14-15-5-8-17(24)9-6-15/h3-13H,2,14H2,1H3,(H,27,28)/b26-13+. The molecule has 0 saturated carbocycles. The summed E-state index contributed by atoms with van der Waals surface area (Å²) in [4.78, 5) is 16.0. The molecular formula is C22H19ClFN3O3. The maximum atomic E-state index is 13.0. The first-order valence-electron chi connectivity index (χ1n) is 9.15. The zero-order valence-corrected chi connectivity index (χ0v) is 16.9. The van der Waals surface area contributed by atoms with Crippen LogP contribution in [0.1, 0.15) is 28.4 Å². The Balaban J connectivity index is 1.66. The molecule has 2 aromatic carbocycles. The lowest BCUT2D eigenvalue weighted by Gasteiger charge is -2.12. The molecule has 30 heavy (non-hydrogen) atoms. The number of carbonyl (C=O) groups is 1. The van der Waals surface area contributed by atoms with Crippen molar-refractivity contribution in [2.75, 3.05) is 6.61 Å². The van der Waals surface area contributed by atoms with E-state index in [-0.39, 0.29) is 23.1 Å². The van der Waals surface area contributed by atoms with E-state index in [1.54, 1.807) is 42.5 Å². The maximum absolute atomic E-state index is 13.0. The highest BCUT2D eigenvalue weighted by Gasteiger charge is 2.10. The van der Waals surface area contributed by atoms with Crippen LogP contribution in [0.4, 0.5) is 4.39 Å². The Morgan fingerprint density at radius 1 is 1.17 bits per heavy atom. The van der Waals surface area contributed by atoms with Crippen LogP contribution in [0.2, 0.25) is 5.15 Å². The number of pyridine rings is 1. The molecule has 154 valence electrons. The lowest BCUT2D eigenvalue weighted by molar-refractivity contribution is 0.0955. The van der Waals surface area contributed by atoms with Crippen LogP contribution < -0.4 is 14.9 Å². The van der Waals surface area contributed by atoms with Gasteiger partial charge in [-0.15, -0.1) is 0 Å². The number of nitrogens with one attached hydrogen (secondary N) is 1. The molecule has 3 rings (SSSR count). The van der Waals surface area contributed by atoms with Gasteiger partial charge in [-0.25, -0.2) is 14.8 Å². The lowest BCUT2D eigenvalue weighted by atomic mass is 10.2. The van der Waals surface area contributed by atoms with Gasteiger partial charge in [0, 0.05) is 6.20 Å². The molecule has 8 heteroatoms. The molecule has 6 nitrogen and oxygen atoms in total. The number of nitrogens with zero attached hydrogens (tertiary/aromatic N) is 2. The Morgan fingerprint density at radius 2 is 1.97 bits per heavy atom. The van der Waals surface area contributed by atoms with Crippen molar-refractivity contribution in [2.24, 2.45) is 5.10 Å². The van der Waals surface area contributed by atoms with Crippen LogP contribution >= 0.6 is 11.6 Å². The van der Waals surface area contributed by atoms with Crippen LogP contribution in [0.25, 0.3) is 0 Å². The van der Waals surface area contributed by atoms with Gasteiger partial charge < -0.3 is 9.47 Å². The minimum atomic E-state index is -0.464. The second-order valence-electron chi connectivity index (χ2n) is 6.10. The molecule has 3 aromatic rings. The smallest absolute Gasteiger partial charge is 0.274 e. The number of ether oxygens (including phenoxy) is 2. The molecule has 0 fully saturated rings. The molecule has 1 heterocycles. The van der Waals surface area contributed by atoms with Crippen LogP contribution in [0.3, 0.4) is 0 Å². The molecule has 0 aliphatic heterocycles. The van der Waals surface area contributed by atoms with E-state index in [1.165, 1.54) is 24.5 Å². The number of rotatable bonds is 8. The second-order valence-corrected chi connectivity index (χ2v) is 6.45. The third kappa shape index (κ3) is 5.78. The van der Waals surface area contributed by atoms with E-state index >= 15 is 0 Å². The van der Waals surface area contributed by atoms with Crippen molar-refractivity contribution in [1.29, 1.82) is 0 Å². The predicted octanol–water partition coefficient (Wildman–Crippen LogP) is 4.62. The van der Waals surface area contributed by atoms with Gasteiger partial charge in [0.15, 0.2) is 11.5 Å². The number of carbonyl (C=O) groups excluding carboxylic acids is 1. The summed E-state index contributed by atoms with van der Waals surface area (Å²) < 4.78 is 24.5. The van der Waals surface area contributed by atoms with E-state index in [2.05, 4.69) is 15.5 Å². The van der Waals surface area contributed by atoms with E-state index in [0.29, 0.717) is 23.7 Å². The van der Waals surface area contributed by atoms with Gasteiger partial charge in [0.1, 0.15) is 17.6 Å². The summed E-state index contributed by atoms with van der Waals surface area (Å²) in [7, 11) is 0. The van der Waals surface area contributed by atoms with Crippen molar-refractivity contribution < 1.29 is 18.7 Å². The highest BCUT2D eigenvalue weighted by atomic mass is 35.5. The Bertz CT molecular complexity index is 1040. The first-order valence-corrected chi connectivity index (χ1v) is 9.52. The van der Waals surface area contributed by atoms with Gasteiger partial charge in [0.05, 0.1) is 18.4 Å². The van der Waals surface area contributed by atoms with E-state index in [1.807, 2.05) is 6.92 Å². The fraction of sp³-hybridized carbons (Fsp3) is 0.136. The number of hydrazone groups is 1. The summed E-state index contributed by atoms with van der Waals surface area (Å²) in [6.07, 6.45) is 2.98. The molecule has 0 aliphatic rings. The lowest BCUT2D eigenvalue weighted by Crippen LogP contribution is -2.18. The van der Waals surface area contributed by atoms with Crippen LogP contribution in [-0.2, 0) is 6.61 Å². The van der Waals surface area contributed by atoms with E-state index in [9.17, 15) is 9.18 Å². The summed E-state index contributed by atoms with van der Waals surface area (Å²) >= 11 is 5.90. The average Bonchev–Trinajstić information content (AvgIpc) is 2.75. The molecule has 0 spiro atoms. The normalized spacial score (nSPS) is 10.8. The van der Waals surface area contributed by atoms with Crippen molar-refractivity contribution >= 4 is 23.7 Å². The Morgan fingerprint density at radius 3 is 2.70 bits per heavy atom. The summed E-state index contributed by atoms with van der Waals surface area (Å²) in [6, 6.07) is 14.5. The van der Waals surface area contributed by atoms with E-state index < -0.39 is 5.91 Å². The van der Waals surface area contributed by atoms with E-state index in [0.717, 1.165) is 5.56 Å². The highest BCUT2D eigenvalue weighted by Crippen LogP contribution is 2.29. The topological polar surface area (TPSA) is 72.8 Å². The number of aromatic nitrogens is 1. The minimum absolute atomic E-state index is 0.103. The van der Waals surface area contributed by atoms with Crippen molar-refractivity contribution in [2.45, 2.75) is 13.5 Å². The zero-order valence-electron chi connectivity index (χ0n) is 16.1. The number of hydrogen-bond donors (Lipinski definition) is 1. The predicted molar refractivity (Wildman–Crippen MR) is 113 cm³/mol. The van der Waals surface area contributed by atoms with Gasteiger partial charge in [-0.05, 0) is 60.5 Å². The summed E-state index contributed by atoms with van der Waals surface area (Å²) in [6.45, 7) is 2.59. The fourth-order valence-corrected chi connectivity index (χ4v) is 2.72. The van der Waals surface area contributed by atoms with Gasteiger partial charge in [-0.3, -0.25) is 4.79 Å². The quantitative estimate of drug-likeness (QED) is 0.323. The first-order chi connectivity index (χ1) is 14.6. The summed E-state index contributed by atoms with van der Waals surface area (Å²) in [5.74, 6) is 0.318. The van der Waals surface area contributed by atoms with E-state index in [4.69, 9.17) is 21.1 Å². The molecule has 0 radical (unpaired) electrons. The molecule has 0 aliphatic carbocycles. The minimum Gasteiger partial charge on any atom is -0.490 e. The van der Waals surface area contributed by atoms with Crippen molar-refractivity contribution in [3.63, 3.8) is 0 Å². The van der Waals surface area contributed by atoms with Crippen molar-refractivity contribution in [1.82, 2.24) is 10.4 Å². The number of amides is 1. The SMILES string of the molecule is CCOc1cc(/C=N/NC(=O)c2cccnc2Cl)ccc1OCc1ccc(F)cc1. The molecule has 1 aromatic heterocycles. The third-order valence-corrected chi connectivity index (χ3v) is 4.26. The monoisotopic (exact) mass is 427 g/mol. The number of halogens is 2. The molecular weight excluding hydrogens is 409 g/mol. The van der Waals surface area contributed by atoms with Gasteiger partial charge in [0.2, 0.25) is 0 Å². The van der Waals surface area contributed by atoms with Crippen molar-refractivity contribution in [3.8, 4) is 11.5 Å². The molecule has 0 atom stereocenters. The highest BCUT2D eigenvalue weighted by molar-refractivity contribution is 6.32. The largest absolute Gasteiger partial charge is 0.490 e. The van der Waals surface area contributed by atoms with Gasteiger partial charge in [-0.1, -0.05) is 23.7 Å². The molecule has 0 bridgehead atoms. The Hall–Kier alpha value is -3.45. The first kappa shape index (κ1) is 21.3. The zero-order chi connectivity index (χ0) is 21.3. The second kappa shape index (κ2) is 10.4. The number of benzene rings is 2. The van der Waals surface area contributed by atoms with Gasteiger partial charge >= 0.3 is 0 Å². The molecule has 0 saturated heterocycles. The van der Waals surface area contributed by atoms with Crippen molar-refractivity contribution in [3.05, 3.63) is 88.5 Å². The van der Waals surface area contributed by atoms with Crippen LogP contribution in [0.15, 0.2) is 65.9 Å². The van der Waals surface area contributed by atoms with Gasteiger partial charge in [-0.2, -0.15) is 5.10 Å². The van der Waals surface area contributed by atoms with Crippen LogP contribution in [0, 0.1) is 5.82 Å². The van der Waals surface area contributed by atoms with Crippen LogP contribution in [-0.4, -0.2) is 23.7 Å². The summed E-state index contributed by atoms with van der Waals surface area (Å²) in [5, 5.41) is 4.05. The Labute approximate surface area is 178 Å². The molecule has 1 N–H and O–H groups in total. The Kier molecular flexibility index (Phi) is 7.34. The molecule has 1 amide bonds. The molecule has 0 unspecified atom stereocenters. The average molecular weight is 428 g/mol. The van der Waals surface area contributed by atoms with Crippen LogP contribution in [0.5, 0.6) is 11.5 Å². The van der Waals surface area contributed by atoms with Gasteiger partial charge in [0.25, 0.3) is 5.91 Å². The third-order valence-electron chi connectivity index (χ3n) is 3.96. The number of hydrogen-bond acceptors (Lipinski definition) is 5. The maximum Gasteiger partial charge on any atom is 0.274 e. The summed E-state index contributed by atoms with van der Waals surface area (Å²) in [5.41, 5.74) is 4.17.